The van der Waals surface area contributed by atoms with Crippen molar-refractivity contribution in [2.75, 3.05) is 6.61 Å². The second kappa shape index (κ2) is 7.07. The fraction of sp³-hybridized carbons (Fsp3) is 0.294. The number of hydrogen-bond donors (Lipinski definition) is 1. The first-order valence-electron chi connectivity index (χ1n) is 7.44. The van der Waals surface area contributed by atoms with Crippen molar-refractivity contribution in [2.24, 2.45) is 5.73 Å². The van der Waals surface area contributed by atoms with Crippen LogP contribution in [0.4, 0.5) is 17.6 Å². The molecule has 1 aromatic carbocycles. The largest absolute Gasteiger partial charge is 0.463 e. The Labute approximate surface area is 146 Å². The Morgan fingerprint density at radius 3 is 2.62 bits per heavy atom. The Kier molecular flexibility index (Phi) is 5.25. The van der Waals surface area contributed by atoms with Gasteiger partial charge in [-0.15, -0.1) is 0 Å². The molecule has 0 bridgehead atoms. The highest BCUT2D eigenvalue weighted by Gasteiger charge is 2.41. The van der Waals surface area contributed by atoms with Gasteiger partial charge in [0.2, 0.25) is 5.88 Å². The van der Waals surface area contributed by atoms with Gasteiger partial charge in [0.05, 0.1) is 23.7 Å². The summed E-state index contributed by atoms with van der Waals surface area (Å²) in [6.45, 7) is 2.81. The first kappa shape index (κ1) is 19.3. The minimum absolute atomic E-state index is 0.0332. The Morgan fingerprint density at radius 1 is 1.42 bits per heavy atom. The third kappa shape index (κ3) is 3.35. The van der Waals surface area contributed by atoms with E-state index >= 15 is 0 Å². The molecule has 9 heteroatoms. The molecule has 0 saturated carbocycles. The van der Waals surface area contributed by atoms with Crippen molar-refractivity contribution in [3.05, 3.63) is 57.9 Å². The molecule has 0 saturated heterocycles. The minimum atomic E-state index is -4.95. The molecule has 0 radical (unpaired) electrons. The fourth-order valence-corrected chi connectivity index (χ4v) is 2.66. The van der Waals surface area contributed by atoms with E-state index < -0.39 is 40.9 Å². The summed E-state index contributed by atoms with van der Waals surface area (Å²) in [6.07, 6.45) is -4.95. The molecule has 0 amide bonds. The van der Waals surface area contributed by atoms with Gasteiger partial charge in [0, 0.05) is 5.56 Å². The Bertz CT molecular complexity index is 851. The van der Waals surface area contributed by atoms with E-state index in [0.29, 0.717) is 6.07 Å². The van der Waals surface area contributed by atoms with E-state index in [1.54, 1.807) is 6.07 Å². The molecule has 1 aromatic rings. The molecule has 26 heavy (non-hydrogen) atoms. The minimum Gasteiger partial charge on any atom is -0.463 e. The van der Waals surface area contributed by atoms with Crippen LogP contribution in [0.1, 0.15) is 30.9 Å². The molecule has 0 fully saturated rings. The summed E-state index contributed by atoms with van der Waals surface area (Å²) in [4.78, 5) is 12.3. The lowest BCUT2D eigenvalue weighted by atomic mass is 9.82. The lowest BCUT2D eigenvalue weighted by Crippen LogP contribution is -2.26. The Hall–Kier alpha value is -3.02. The monoisotopic (exact) mass is 370 g/mol. The maximum Gasteiger partial charge on any atom is 0.419 e. The van der Waals surface area contributed by atoms with Crippen molar-refractivity contribution in [3.8, 4) is 6.07 Å². The van der Waals surface area contributed by atoms with Crippen LogP contribution in [0.2, 0.25) is 0 Å². The van der Waals surface area contributed by atoms with Crippen LogP contribution in [0, 0.1) is 17.1 Å². The number of halogens is 4. The number of nitrogens with zero attached hydrogens (tertiary/aromatic N) is 1. The molecule has 1 atom stereocenters. The maximum atomic E-state index is 14.6. The number of alkyl halides is 3. The van der Waals surface area contributed by atoms with Gasteiger partial charge in [0.25, 0.3) is 0 Å². The third-order valence-corrected chi connectivity index (χ3v) is 3.75. The van der Waals surface area contributed by atoms with Crippen LogP contribution in [0.5, 0.6) is 0 Å². The number of hydrogen-bond acceptors (Lipinski definition) is 5. The van der Waals surface area contributed by atoms with Crippen LogP contribution in [-0.4, -0.2) is 12.6 Å². The van der Waals surface area contributed by atoms with E-state index in [1.165, 1.54) is 13.8 Å². The highest BCUT2D eigenvalue weighted by Crippen LogP contribution is 2.42. The van der Waals surface area contributed by atoms with Gasteiger partial charge >= 0.3 is 12.1 Å². The quantitative estimate of drug-likeness (QED) is 0.650. The first-order chi connectivity index (χ1) is 12.1. The molecule has 0 aromatic heterocycles. The van der Waals surface area contributed by atoms with Gasteiger partial charge < -0.3 is 15.2 Å². The predicted octanol–water partition coefficient (Wildman–Crippen LogP) is 3.49. The highest BCUT2D eigenvalue weighted by molar-refractivity contribution is 5.92. The standard InChI is InChI=1S/C17H14F4N2O3/c1-3-25-16(24)12-8(2)26-15(23)10(7-22)13(12)9-5-4-6-11(14(9)18)17(19,20)21/h4-6,13H,3,23H2,1-2H3. The molecule has 2 rings (SSSR count). The molecule has 1 heterocycles. The van der Waals surface area contributed by atoms with Gasteiger partial charge in [-0.05, 0) is 19.9 Å². The lowest BCUT2D eigenvalue weighted by molar-refractivity contribution is -0.140. The SMILES string of the molecule is CCOC(=O)C1=C(C)OC(N)=C(C#N)C1c1cccc(C(F)(F)F)c1F. The number of carbonyl (C=O) groups is 1. The molecule has 0 aliphatic carbocycles. The van der Waals surface area contributed by atoms with E-state index in [-0.39, 0.29) is 23.5 Å². The number of carbonyl (C=O) groups excluding carboxylic acids is 1. The van der Waals surface area contributed by atoms with E-state index in [0.717, 1.165) is 12.1 Å². The smallest absolute Gasteiger partial charge is 0.419 e. The summed E-state index contributed by atoms with van der Waals surface area (Å²) in [5, 5.41) is 9.34. The van der Waals surface area contributed by atoms with Gasteiger partial charge in [0.15, 0.2) is 0 Å². The molecule has 138 valence electrons. The third-order valence-electron chi connectivity index (χ3n) is 3.75. The van der Waals surface area contributed by atoms with Crippen molar-refractivity contribution >= 4 is 5.97 Å². The van der Waals surface area contributed by atoms with Crippen LogP contribution < -0.4 is 5.73 Å². The van der Waals surface area contributed by atoms with Gasteiger partial charge in [-0.25, -0.2) is 9.18 Å². The summed E-state index contributed by atoms with van der Waals surface area (Å²) in [5.74, 6) is -4.51. The highest BCUT2D eigenvalue weighted by atomic mass is 19.4. The van der Waals surface area contributed by atoms with Crippen molar-refractivity contribution in [1.82, 2.24) is 0 Å². The van der Waals surface area contributed by atoms with Crippen LogP contribution in [-0.2, 0) is 20.4 Å². The predicted molar refractivity (Wildman–Crippen MR) is 81.4 cm³/mol. The molecule has 2 N–H and O–H groups in total. The van der Waals surface area contributed by atoms with Crippen molar-refractivity contribution in [1.29, 1.82) is 5.26 Å². The number of allylic oxidation sites excluding steroid dienone is 2. The number of benzene rings is 1. The van der Waals surface area contributed by atoms with E-state index in [2.05, 4.69) is 0 Å². The van der Waals surface area contributed by atoms with Crippen molar-refractivity contribution in [3.63, 3.8) is 0 Å². The second-order valence-corrected chi connectivity index (χ2v) is 5.32. The topological polar surface area (TPSA) is 85.3 Å². The number of nitrogens with two attached hydrogens (primary N) is 1. The lowest BCUT2D eigenvalue weighted by Gasteiger charge is -2.27. The normalized spacial score (nSPS) is 17.7. The number of nitriles is 1. The summed E-state index contributed by atoms with van der Waals surface area (Å²) >= 11 is 0. The average Bonchev–Trinajstić information content (AvgIpc) is 2.53. The van der Waals surface area contributed by atoms with E-state index in [4.69, 9.17) is 15.2 Å². The van der Waals surface area contributed by atoms with Crippen LogP contribution in [0.3, 0.4) is 0 Å². The number of esters is 1. The molecule has 1 aliphatic heterocycles. The van der Waals surface area contributed by atoms with E-state index in [1.807, 2.05) is 0 Å². The van der Waals surface area contributed by atoms with Crippen LogP contribution in [0.15, 0.2) is 41.0 Å². The summed E-state index contributed by atoms with van der Waals surface area (Å²) in [7, 11) is 0. The zero-order chi connectivity index (χ0) is 19.6. The van der Waals surface area contributed by atoms with Crippen LogP contribution >= 0.6 is 0 Å². The molecule has 5 nitrogen and oxygen atoms in total. The number of ether oxygens (including phenoxy) is 2. The zero-order valence-electron chi connectivity index (χ0n) is 13.8. The Balaban J connectivity index is 2.75. The van der Waals surface area contributed by atoms with Crippen LogP contribution in [0.25, 0.3) is 0 Å². The summed E-state index contributed by atoms with van der Waals surface area (Å²) in [5.41, 5.74) is 2.92. The van der Waals surface area contributed by atoms with E-state index in [9.17, 15) is 27.6 Å². The Morgan fingerprint density at radius 2 is 2.08 bits per heavy atom. The van der Waals surface area contributed by atoms with Crippen molar-refractivity contribution < 1.29 is 31.8 Å². The summed E-state index contributed by atoms with van der Waals surface area (Å²) < 4.78 is 63.7. The number of rotatable bonds is 3. The maximum absolute atomic E-state index is 14.6. The van der Waals surface area contributed by atoms with Gasteiger partial charge in [0.1, 0.15) is 23.2 Å². The fourth-order valence-electron chi connectivity index (χ4n) is 2.66. The van der Waals surface area contributed by atoms with Gasteiger partial charge in [-0.3, -0.25) is 0 Å². The molecule has 1 aliphatic rings. The van der Waals surface area contributed by atoms with Crippen molar-refractivity contribution in [2.45, 2.75) is 25.9 Å². The van der Waals surface area contributed by atoms with Gasteiger partial charge in [-0.2, -0.15) is 18.4 Å². The molecular formula is C17H14F4N2O3. The summed E-state index contributed by atoms with van der Waals surface area (Å²) in [6, 6.07) is 4.28. The first-order valence-corrected chi connectivity index (χ1v) is 7.44. The molecular weight excluding hydrogens is 356 g/mol. The zero-order valence-corrected chi connectivity index (χ0v) is 13.8. The molecule has 0 spiro atoms. The second-order valence-electron chi connectivity index (χ2n) is 5.32. The average molecular weight is 370 g/mol. The van der Waals surface area contributed by atoms with Gasteiger partial charge in [-0.1, -0.05) is 12.1 Å². The molecule has 1 unspecified atom stereocenters.